The number of hydrogen-bond acceptors (Lipinski definition) is 7. The zero-order chi connectivity index (χ0) is 13.9. The summed E-state index contributed by atoms with van der Waals surface area (Å²) in [7, 11) is 0. The Kier molecular flexibility index (Phi) is 3.46. The summed E-state index contributed by atoms with van der Waals surface area (Å²) in [6, 6.07) is 3.94. The van der Waals surface area contributed by atoms with Gasteiger partial charge in [0.1, 0.15) is 0 Å². The van der Waals surface area contributed by atoms with Crippen LogP contribution in [0.3, 0.4) is 0 Å². The van der Waals surface area contributed by atoms with Gasteiger partial charge in [-0.2, -0.15) is 4.98 Å². The summed E-state index contributed by atoms with van der Waals surface area (Å²) in [6.07, 6.45) is 1.55. The van der Waals surface area contributed by atoms with Gasteiger partial charge in [-0.3, -0.25) is 0 Å². The number of nitrogens with zero attached hydrogens (tertiary/aromatic N) is 5. The van der Waals surface area contributed by atoms with E-state index >= 15 is 0 Å². The van der Waals surface area contributed by atoms with Crippen LogP contribution in [0.1, 0.15) is 18.0 Å². The largest absolute Gasteiger partial charge is 0.381 e. The highest BCUT2D eigenvalue weighted by Crippen LogP contribution is 2.21. The fourth-order valence-corrected chi connectivity index (χ4v) is 2.48. The minimum Gasteiger partial charge on any atom is -0.381 e. The third-order valence-electron chi connectivity index (χ3n) is 2.99. The van der Waals surface area contributed by atoms with Crippen LogP contribution < -0.4 is 5.73 Å². The summed E-state index contributed by atoms with van der Waals surface area (Å²) in [5.41, 5.74) is 6.53. The molecule has 0 amide bonds. The van der Waals surface area contributed by atoms with Gasteiger partial charge in [0.2, 0.25) is 11.7 Å². The number of nitrogen functional groups attached to an aromatic ring is 1. The van der Waals surface area contributed by atoms with Crippen LogP contribution in [-0.2, 0) is 13.0 Å². The molecule has 0 bridgehead atoms. The van der Waals surface area contributed by atoms with Gasteiger partial charge < -0.3 is 10.3 Å². The Morgan fingerprint density at radius 1 is 1.45 bits per heavy atom. The molecule has 0 fully saturated rings. The van der Waals surface area contributed by atoms with Gasteiger partial charge >= 0.3 is 0 Å². The van der Waals surface area contributed by atoms with E-state index in [4.69, 9.17) is 10.3 Å². The van der Waals surface area contributed by atoms with Gasteiger partial charge in [0.05, 0.1) is 10.6 Å². The first-order valence-corrected chi connectivity index (χ1v) is 7.14. The Morgan fingerprint density at radius 3 is 3.05 bits per heavy atom. The van der Waals surface area contributed by atoms with Crippen LogP contribution in [0.15, 0.2) is 22.0 Å². The van der Waals surface area contributed by atoms with Gasteiger partial charge in [0, 0.05) is 13.0 Å². The molecule has 3 heterocycles. The lowest BCUT2D eigenvalue weighted by molar-refractivity contribution is 0.370. The Balaban J connectivity index is 1.58. The monoisotopic (exact) mass is 290 g/mol. The summed E-state index contributed by atoms with van der Waals surface area (Å²) >= 11 is 1.59. The van der Waals surface area contributed by atoms with Crippen molar-refractivity contribution in [3.63, 3.8) is 0 Å². The van der Waals surface area contributed by atoms with Crippen molar-refractivity contribution < 1.29 is 4.52 Å². The van der Waals surface area contributed by atoms with Gasteiger partial charge in [0.15, 0.2) is 5.82 Å². The zero-order valence-corrected chi connectivity index (χ0v) is 11.8. The van der Waals surface area contributed by atoms with Crippen molar-refractivity contribution in [3.8, 4) is 10.7 Å². The van der Waals surface area contributed by atoms with Gasteiger partial charge in [0.25, 0.3) is 0 Å². The van der Waals surface area contributed by atoms with Gasteiger partial charge in [-0.05, 0) is 24.8 Å². The van der Waals surface area contributed by atoms with E-state index in [2.05, 4.69) is 20.5 Å². The fraction of sp³-hybridized carbons (Fsp3) is 0.333. The summed E-state index contributed by atoms with van der Waals surface area (Å²) < 4.78 is 7.02. The molecule has 0 aliphatic heterocycles. The van der Waals surface area contributed by atoms with Gasteiger partial charge in [-0.25, -0.2) is 4.68 Å². The lowest BCUT2D eigenvalue weighted by Crippen LogP contribution is -2.04. The first-order valence-electron chi connectivity index (χ1n) is 6.26. The predicted molar refractivity (Wildman–Crippen MR) is 75.1 cm³/mol. The summed E-state index contributed by atoms with van der Waals surface area (Å²) in [5.74, 6) is 1.76. The highest BCUT2D eigenvalue weighted by Gasteiger charge is 2.10. The minimum atomic E-state index is 0.475. The minimum absolute atomic E-state index is 0.475. The molecule has 0 saturated heterocycles. The molecule has 7 nitrogen and oxygen atoms in total. The normalized spacial score (nSPS) is 11.1. The molecule has 3 aromatic heterocycles. The predicted octanol–water partition coefficient (Wildman–Crippen LogP) is 1.91. The van der Waals surface area contributed by atoms with Crippen molar-refractivity contribution >= 4 is 17.2 Å². The number of hydrogen-bond donors (Lipinski definition) is 1. The van der Waals surface area contributed by atoms with Crippen LogP contribution >= 0.6 is 11.3 Å². The molecule has 0 aliphatic carbocycles. The molecular formula is C12H14N6OS. The van der Waals surface area contributed by atoms with Gasteiger partial charge in [-0.1, -0.05) is 16.4 Å². The van der Waals surface area contributed by atoms with Crippen LogP contribution in [0, 0.1) is 6.92 Å². The molecule has 2 N–H and O–H groups in total. The van der Waals surface area contributed by atoms with E-state index < -0.39 is 0 Å². The molecular weight excluding hydrogens is 276 g/mol. The average molecular weight is 290 g/mol. The van der Waals surface area contributed by atoms with Crippen molar-refractivity contribution in [2.75, 3.05) is 5.73 Å². The lowest BCUT2D eigenvalue weighted by atomic mass is 10.3. The molecule has 0 spiro atoms. The van der Waals surface area contributed by atoms with Crippen LogP contribution in [0.25, 0.3) is 10.7 Å². The maximum absolute atomic E-state index is 5.65. The first kappa shape index (κ1) is 12.8. The van der Waals surface area contributed by atoms with E-state index in [0.29, 0.717) is 24.0 Å². The van der Waals surface area contributed by atoms with Crippen molar-refractivity contribution in [2.45, 2.75) is 26.3 Å². The van der Waals surface area contributed by atoms with Crippen molar-refractivity contribution in [2.24, 2.45) is 0 Å². The van der Waals surface area contributed by atoms with Crippen LogP contribution in [0.4, 0.5) is 5.82 Å². The standard InChI is InChI=1S/C12H14N6OS/c1-8-11(13)15-17-18(8)6-2-5-10-14-12(16-19-10)9-4-3-7-20-9/h3-4,7H,2,5-6,13H2,1H3. The maximum Gasteiger partial charge on any atom is 0.227 e. The van der Waals surface area contributed by atoms with E-state index in [0.717, 1.165) is 23.5 Å². The van der Waals surface area contributed by atoms with Crippen LogP contribution in [0.5, 0.6) is 0 Å². The third-order valence-corrected chi connectivity index (χ3v) is 3.85. The Hall–Kier alpha value is -2.22. The molecule has 104 valence electrons. The molecule has 20 heavy (non-hydrogen) atoms. The van der Waals surface area contributed by atoms with Crippen molar-refractivity contribution in [1.29, 1.82) is 0 Å². The van der Waals surface area contributed by atoms with Crippen LogP contribution in [-0.4, -0.2) is 25.1 Å². The van der Waals surface area contributed by atoms with E-state index in [1.165, 1.54) is 0 Å². The van der Waals surface area contributed by atoms with E-state index in [1.807, 2.05) is 24.4 Å². The molecule has 0 unspecified atom stereocenters. The number of thiophene rings is 1. The van der Waals surface area contributed by atoms with Crippen molar-refractivity contribution in [3.05, 3.63) is 29.1 Å². The number of aromatic nitrogens is 5. The second-order valence-electron chi connectivity index (χ2n) is 4.38. The first-order chi connectivity index (χ1) is 9.74. The number of nitrogens with two attached hydrogens (primary N) is 1. The summed E-state index contributed by atoms with van der Waals surface area (Å²) in [4.78, 5) is 5.39. The average Bonchev–Trinajstić information content (AvgIpc) is 3.15. The molecule has 8 heteroatoms. The highest BCUT2D eigenvalue weighted by atomic mass is 32.1. The lowest BCUT2D eigenvalue weighted by Gasteiger charge is -2.00. The van der Waals surface area contributed by atoms with Gasteiger partial charge in [-0.15, -0.1) is 16.4 Å². The molecule has 0 aliphatic rings. The number of rotatable bonds is 5. The third kappa shape index (κ3) is 2.55. The Morgan fingerprint density at radius 2 is 2.35 bits per heavy atom. The van der Waals surface area contributed by atoms with Crippen LogP contribution in [0.2, 0.25) is 0 Å². The molecule has 3 rings (SSSR count). The molecule has 0 atom stereocenters. The Bertz CT molecular complexity index is 687. The zero-order valence-electron chi connectivity index (χ0n) is 11.0. The fourth-order valence-electron chi connectivity index (χ4n) is 1.83. The molecule has 0 aromatic carbocycles. The Labute approximate surface area is 119 Å². The topological polar surface area (TPSA) is 95.7 Å². The number of aryl methyl sites for hydroxylation is 2. The second kappa shape index (κ2) is 5.41. The number of anilines is 1. The van der Waals surface area contributed by atoms with E-state index in [-0.39, 0.29) is 0 Å². The summed E-state index contributed by atoms with van der Waals surface area (Å²) in [6.45, 7) is 2.63. The highest BCUT2D eigenvalue weighted by molar-refractivity contribution is 7.13. The second-order valence-corrected chi connectivity index (χ2v) is 5.32. The van der Waals surface area contributed by atoms with Crippen molar-refractivity contribution in [1.82, 2.24) is 25.1 Å². The van der Waals surface area contributed by atoms with E-state index in [1.54, 1.807) is 16.0 Å². The smallest absolute Gasteiger partial charge is 0.227 e. The molecule has 0 saturated carbocycles. The summed E-state index contributed by atoms with van der Waals surface area (Å²) in [5, 5.41) is 13.8. The SMILES string of the molecule is Cc1c(N)nnn1CCCc1nc(-c2cccs2)no1. The molecule has 3 aromatic rings. The quantitative estimate of drug-likeness (QED) is 0.771. The maximum atomic E-state index is 5.65. The molecule has 0 radical (unpaired) electrons. The van der Waals surface area contributed by atoms with E-state index in [9.17, 15) is 0 Å².